The molecule has 3 heterocycles. The zero-order chi connectivity index (χ0) is 13.5. The Morgan fingerprint density at radius 3 is 2.53 bits per heavy atom. The summed E-state index contributed by atoms with van der Waals surface area (Å²) in [5.74, 6) is -0.542. The standard InChI is InChI=1S/C12H18N4O3/c1-15-10(9(13)8-14-15)11(17)16-4-2-12(3-5-16)18-6-7-19-12/h8H,2-7,13H2,1H3. The third-order valence-electron chi connectivity index (χ3n) is 3.80. The Morgan fingerprint density at radius 2 is 2.00 bits per heavy atom. The SMILES string of the molecule is Cn1ncc(N)c1C(=O)N1CCC2(CC1)OCCO2. The van der Waals surface area contributed by atoms with Crippen LogP contribution in [-0.4, -0.2) is 52.7 Å². The Hall–Kier alpha value is -1.60. The zero-order valence-electron chi connectivity index (χ0n) is 11.0. The normalized spacial score (nSPS) is 22.1. The van der Waals surface area contributed by atoms with Crippen molar-refractivity contribution in [3.05, 3.63) is 11.9 Å². The number of ether oxygens (including phenoxy) is 2. The minimum absolute atomic E-state index is 0.0784. The quantitative estimate of drug-likeness (QED) is 0.772. The van der Waals surface area contributed by atoms with Gasteiger partial charge in [-0.1, -0.05) is 0 Å². The highest BCUT2D eigenvalue weighted by Crippen LogP contribution is 2.31. The van der Waals surface area contributed by atoms with Crippen LogP contribution in [0.4, 0.5) is 5.69 Å². The lowest BCUT2D eigenvalue weighted by Crippen LogP contribution is -2.47. The number of anilines is 1. The molecule has 7 nitrogen and oxygen atoms in total. The van der Waals surface area contributed by atoms with E-state index in [1.165, 1.54) is 10.9 Å². The first-order valence-corrected chi connectivity index (χ1v) is 6.46. The minimum Gasteiger partial charge on any atom is -0.396 e. The molecule has 3 rings (SSSR count). The van der Waals surface area contributed by atoms with Gasteiger partial charge in [-0.2, -0.15) is 5.10 Å². The van der Waals surface area contributed by atoms with Crippen molar-refractivity contribution in [2.45, 2.75) is 18.6 Å². The minimum atomic E-state index is -0.464. The molecule has 2 fully saturated rings. The highest BCUT2D eigenvalue weighted by Gasteiger charge is 2.41. The highest BCUT2D eigenvalue weighted by molar-refractivity contribution is 5.97. The second kappa shape index (κ2) is 4.50. The Balaban J connectivity index is 1.70. The van der Waals surface area contributed by atoms with Gasteiger partial charge in [0.25, 0.3) is 5.91 Å². The first kappa shape index (κ1) is 12.4. The number of nitrogen functional groups attached to an aromatic ring is 1. The molecule has 0 aromatic carbocycles. The number of nitrogens with zero attached hydrogens (tertiary/aromatic N) is 3. The molecule has 0 atom stereocenters. The summed E-state index contributed by atoms with van der Waals surface area (Å²) in [6.45, 7) is 2.51. The van der Waals surface area contributed by atoms with Gasteiger partial charge >= 0.3 is 0 Å². The van der Waals surface area contributed by atoms with Crippen LogP contribution >= 0.6 is 0 Å². The second-order valence-corrected chi connectivity index (χ2v) is 4.97. The van der Waals surface area contributed by atoms with Crippen molar-refractivity contribution in [2.75, 3.05) is 32.0 Å². The molecule has 0 bridgehead atoms. The Labute approximate surface area is 111 Å². The monoisotopic (exact) mass is 266 g/mol. The van der Waals surface area contributed by atoms with Crippen LogP contribution in [0.5, 0.6) is 0 Å². The van der Waals surface area contributed by atoms with Gasteiger partial charge in [-0.25, -0.2) is 0 Å². The van der Waals surface area contributed by atoms with Gasteiger partial charge < -0.3 is 20.1 Å². The average Bonchev–Trinajstić information content (AvgIpc) is 2.98. The fourth-order valence-electron chi connectivity index (χ4n) is 2.70. The smallest absolute Gasteiger partial charge is 0.274 e. The van der Waals surface area contributed by atoms with Crippen LogP contribution in [0.2, 0.25) is 0 Å². The summed E-state index contributed by atoms with van der Waals surface area (Å²) in [5, 5.41) is 4.00. The second-order valence-electron chi connectivity index (χ2n) is 4.97. The van der Waals surface area contributed by atoms with E-state index < -0.39 is 5.79 Å². The fraction of sp³-hybridized carbons (Fsp3) is 0.667. The van der Waals surface area contributed by atoms with E-state index in [0.717, 1.165) is 0 Å². The molecule has 0 radical (unpaired) electrons. The van der Waals surface area contributed by atoms with Gasteiger partial charge in [-0.15, -0.1) is 0 Å². The number of amides is 1. The predicted molar refractivity (Wildman–Crippen MR) is 67.4 cm³/mol. The number of piperidine rings is 1. The summed E-state index contributed by atoms with van der Waals surface area (Å²) < 4.78 is 12.8. The van der Waals surface area contributed by atoms with Gasteiger partial charge in [0.2, 0.25) is 0 Å². The zero-order valence-corrected chi connectivity index (χ0v) is 11.0. The number of aryl methyl sites for hydroxylation is 1. The van der Waals surface area contributed by atoms with Crippen LogP contribution in [-0.2, 0) is 16.5 Å². The van der Waals surface area contributed by atoms with E-state index >= 15 is 0 Å². The summed E-state index contributed by atoms with van der Waals surface area (Å²) in [5.41, 5.74) is 6.65. The molecule has 1 aromatic heterocycles. The summed E-state index contributed by atoms with van der Waals surface area (Å²) in [7, 11) is 1.72. The summed E-state index contributed by atoms with van der Waals surface area (Å²) in [6.07, 6.45) is 2.91. The number of carbonyl (C=O) groups excluding carboxylic acids is 1. The maximum Gasteiger partial charge on any atom is 0.274 e. The molecule has 1 amide bonds. The Kier molecular flexibility index (Phi) is 2.94. The maximum absolute atomic E-state index is 12.4. The molecule has 0 unspecified atom stereocenters. The highest BCUT2D eigenvalue weighted by atomic mass is 16.7. The topological polar surface area (TPSA) is 82.6 Å². The van der Waals surface area contributed by atoms with E-state index in [1.807, 2.05) is 0 Å². The van der Waals surface area contributed by atoms with Crippen LogP contribution < -0.4 is 5.73 Å². The van der Waals surface area contributed by atoms with Crippen molar-refractivity contribution < 1.29 is 14.3 Å². The molecule has 0 saturated carbocycles. The predicted octanol–water partition coefficient (Wildman–Crippen LogP) is -0.0186. The third kappa shape index (κ3) is 2.08. The van der Waals surface area contributed by atoms with E-state index in [2.05, 4.69) is 5.10 Å². The molecule has 7 heteroatoms. The first-order valence-electron chi connectivity index (χ1n) is 6.46. The number of aromatic nitrogens is 2. The molecule has 1 spiro atoms. The van der Waals surface area contributed by atoms with Crippen LogP contribution in [0.15, 0.2) is 6.20 Å². The van der Waals surface area contributed by atoms with Gasteiger partial charge in [0.1, 0.15) is 5.69 Å². The molecule has 19 heavy (non-hydrogen) atoms. The number of carbonyl (C=O) groups is 1. The van der Waals surface area contributed by atoms with Gasteiger partial charge in [0.15, 0.2) is 5.79 Å². The van der Waals surface area contributed by atoms with Gasteiger partial charge in [-0.3, -0.25) is 9.48 Å². The lowest BCUT2D eigenvalue weighted by molar-refractivity contribution is -0.181. The van der Waals surface area contributed by atoms with Crippen LogP contribution in [0.25, 0.3) is 0 Å². The van der Waals surface area contributed by atoms with E-state index in [-0.39, 0.29) is 5.91 Å². The van der Waals surface area contributed by atoms with Crippen LogP contribution in [0.3, 0.4) is 0 Å². The Bertz CT molecular complexity index is 464. The number of hydrogen-bond acceptors (Lipinski definition) is 5. The van der Waals surface area contributed by atoms with Gasteiger partial charge in [0.05, 0.1) is 25.1 Å². The van der Waals surface area contributed by atoms with Crippen molar-refractivity contribution in [3.63, 3.8) is 0 Å². The van der Waals surface area contributed by atoms with Crippen molar-refractivity contribution in [1.29, 1.82) is 0 Å². The van der Waals surface area contributed by atoms with Gasteiger partial charge in [0, 0.05) is 33.0 Å². The van der Waals surface area contributed by atoms with Crippen molar-refractivity contribution in [1.82, 2.24) is 14.7 Å². The van der Waals surface area contributed by atoms with Crippen molar-refractivity contribution >= 4 is 11.6 Å². The van der Waals surface area contributed by atoms with Crippen molar-refractivity contribution in [2.24, 2.45) is 7.05 Å². The molecule has 2 saturated heterocycles. The summed E-state index contributed by atoms with van der Waals surface area (Å²) >= 11 is 0. The van der Waals surface area contributed by atoms with E-state index in [9.17, 15) is 4.79 Å². The van der Waals surface area contributed by atoms with Crippen LogP contribution in [0, 0.1) is 0 Å². The summed E-state index contributed by atoms with van der Waals surface area (Å²) in [4.78, 5) is 14.2. The van der Waals surface area contributed by atoms with Gasteiger partial charge in [-0.05, 0) is 0 Å². The molecule has 0 aliphatic carbocycles. The molecule has 104 valence electrons. The number of likely N-dealkylation sites (tertiary alicyclic amines) is 1. The average molecular weight is 266 g/mol. The summed E-state index contributed by atoms with van der Waals surface area (Å²) in [6, 6.07) is 0. The lowest BCUT2D eigenvalue weighted by atomic mass is 10.0. The maximum atomic E-state index is 12.4. The number of rotatable bonds is 1. The molecule has 2 aliphatic rings. The van der Waals surface area contributed by atoms with E-state index in [0.29, 0.717) is 50.5 Å². The largest absolute Gasteiger partial charge is 0.396 e. The fourth-order valence-corrected chi connectivity index (χ4v) is 2.70. The number of nitrogens with two attached hydrogens (primary N) is 1. The van der Waals surface area contributed by atoms with Crippen LogP contribution in [0.1, 0.15) is 23.3 Å². The van der Waals surface area contributed by atoms with E-state index in [1.54, 1.807) is 11.9 Å². The third-order valence-corrected chi connectivity index (χ3v) is 3.80. The first-order chi connectivity index (χ1) is 9.11. The molecule has 1 aromatic rings. The number of hydrogen-bond donors (Lipinski definition) is 1. The molecule has 2 aliphatic heterocycles. The molecule has 2 N–H and O–H groups in total. The van der Waals surface area contributed by atoms with Crippen molar-refractivity contribution in [3.8, 4) is 0 Å². The lowest BCUT2D eigenvalue weighted by Gasteiger charge is -2.37. The van der Waals surface area contributed by atoms with E-state index in [4.69, 9.17) is 15.2 Å². The molecular weight excluding hydrogens is 248 g/mol. The Morgan fingerprint density at radius 1 is 1.37 bits per heavy atom. The molecular formula is C12H18N4O3.